The van der Waals surface area contributed by atoms with Crippen LogP contribution in [0.5, 0.6) is 0 Å². The summed E-state index contributed by atoms with van der Waals surface area (Å²) < 4.78 is 0. The van der Waals surface area contributed by atoms with Gasteiger partial charge in [0.05, 0.1) is 0 Å². The van der Waals surface area contributed by atoms with Gasteiger partial charge in [0.25, 0.3) is 5.91 Å². The fourth-order valence-electron chi connectivity index (χ4n) is 4.12. The molecule has 3 aliphatic rings. The number of carbonyl (C=O) groups excluding carboxylic acids is 3. The fraction of sp³-hybridized carbons (Fsp3) is 0.824. The summed E-state index contributed by atoms with van der Waals surface area (Å²) in [4.78, 5) is 38.3. The predicted octanol–water partition coefficient (Wildman–Crippen LogP) is 1.17. The highest BCUT2D eigenvalue weighted by Gasteiger charge is 2.52. The van der Waals surface area contributed by atoms with Crippen molar-refractivity contribution < 1.29 is 14.4 Å². The van der Waals surface area contributed by atoms with Crippen LogP contribution in [-0.4, -0.2) is 54.0 Å². The van der Waals surface area contributed by atoms with E-state index in [1.54, 1.807) is 0 Å². The van der Waals surface area contributed by atoms with E-state index in [4.69, 9.17) is 0 Å². The molecule has 0 atom stereocenters. The van der Waals surface area contributed by atoms with Crippen molar-refractivity contribution in [3.63, 3.8) is 0 Å². The summed E-state index contributed by atoms with van der Waals surface area (Å²) >= 11 is 0. The van der Waals surface area contributed by atoms with Crippen LogP contribution in [0, 0.1) is 5.92 Å². The Kier molecular flexibility index (Phi) is 6.68. The molecule has 2 saturated heterocycles. The second-order valence-electron chi connectivity index (χ2n) is 7.35. The number of nitrogens with zero attached hydrogens (tertiary/aromatic N) is 1. The minimum Gasteiger partial charge on any atom is -0.352 e. The quantitative estimate of drug-likeness (QED) is 0.646. The van der Waals surface area contributed by atoms with Crippen LogP contribution in [0.3, 0.4) is 0 Å². The smallest absolute Gasteiger partial charge is 0.325 e. The first-order valence-corrected chi connectivity index (χ1v) is 9.18. The number of urea groups is 1. The average Bonchev–Trinajstić information content (AvgIpc) is 2.81. The van der Waals surface area contributed by atoms with Crippen molar-refractivity contribution in [2.75, 3.05) is 19.6 Å². The molecule has 8 heteroatoms. The molecular formula is C17H29ClN4O3. The molecule has 1 saturated carbocycles. The normalized spacial score (nSPS) is 30.1. The summed E-state index contributed by atoms with van der Waals surface area (Å²) in [6.45, 7) is 3.76. The number of piperidine rings is 1. The van der Waals surface area contributed by atoms with E-state index in [9.17, 15) is 14.4 Å². The first kappa shape index (κ1) is 20.0. The van der Waals surface area contributed by atoms with Crippen LogP contribution in [0.1, 0.15) is 51.9 Å². The lowest BCUT2D eigenvalue weighted by Gasteiger charge is -2.34. The minimum absolute atomic E-state index is 0. The lowest BCUT2D eigenvalue weighted by molar-refractivity contribution is -0.136. The molecule has 7 nitrogen and oxygen atoms in total. The first-order chi connectivity index (χ1) is 11.5. The van der Waals surface area contributed by atoms with Crippen LogP contribution in [0.25, 0.3) is 0 Å². The third-order valence-electron chi connectivity index (χ3n) is 5.79. The van der Waals surface area contributed by atoms with Crippen molar-refractivity contribution in [2.24, 2.45) is 5.92 Å². The molecule has 2 heterocycles. The van der Waals surface area contributed by atoms with Crippen molar-refractivity contribution in [1.29, 1.82) is 0 Å². The molecule has 3 N–H and O–H groups in total. The predicted molar refractivity (Wildman–Crippen MR) is 96.5 cm³/mol. The Labute approximate surface area is 155 Å². The minimum atomic E-state index is -0.766. The zero-order valence-corrected chi connectivity index (χ0v) is 15.6. The molecule has 0 aromatic rings. The maximum atomic E-state index is 12.8. The summed E-state index contributed by atoms with van der Waals surface area (Å²) in [5, 5.41) is 9.05. The standard InChI is InChI=1S/C17H28N4O3.ClH/c1-2-12-3-7-17(8-4-12)15(23)21(16(24)20-17)11-14(22)19-13-5-9-18-10-6-13;/h12-13,18H,2-11H2,1H3,(H,19,22)(H,20,24);1H. The summed E-state index contributed by atoms with van der Waals surface area (Å²) in [7, 11) is 0. The summed E-state index contributed by atoms with van der Waals surface area (Å²) in [5.41, 5.74) is -0.766. The summed E-state index contributed by atoms with van der Waals surface area (Å²) in [6, 6.07) is -0.288. The van der Waals surface area contributed by atoms with Crippen LogP contribution in [0.2, 0.25) is 0 Å². The number of amides is 4. The highest BCUT2D eigenvalue weighted by molar-refractivity contribution is 6.09. The largest absolute Gasteiger partial charge is 0.352 e. The van der Waals surface area contributed by atoms with Crippen molar-refractivity contribution in [2.45, 2.75) is 63.5 Å². The third kappa shape index (κ3) is 4.26. The number of hydrogen-bond donors (Lipinski definition) is 3. The summed E-state index contributed by atoms with van der Waals surface area (Å²) in [6.07, 6.45) is 6.16. The second-order valence-corrected chi connectivity index (χ2v) is 7.35. The number of rotatable bonds is 4. The van der Waals surface area contributed by atoms with Gasteiger partial charge in [0.15, 0.2) is 0 Å². The Bertz CT molecular complexity index is 514. The van der Waals surface area contributed by atoms with Gasteiger partial charge >= 0.3 is 6.03 Å². The van der Waals surface area contributed by atoms with Gasteiger partial charge in [-0.1, -0.05) is 13.3 Å². The van der Waals surface area contributed by atoms with E-state index >= 15 is 0 Å². The fourth-order valence-corrected chi connectivity index (χ4v) is 4.12. The van der Waals surface area contributed by atoms with Gasteiger partial charge in [0.2, 0.25) is 5.91 Å². The van der Waals surface area contributed by atoms with Gasteiger partial charge in [0.1, 0.15) is 12.1 Å². The lowest BCUT2D eigenvalue weighted by Crippen LogP contribution is -2.50. The Morgan fingerprint density at radius 1 is 1.20 bits per heavy atom. The molecule has 1 aliphatic carbocycles. The molecule has 0 aromatic carbocycles. The SMILES string of the molecule is CCC1CCC2(CC1)NC(=O)N(CC(=O)NC1CCNCC1)C2=O.Cl. The van der Waals surface area contributed by atoms with Crippen LogP contribution in [0.15, 0.2) is 0 Å². The Hall–Kier alpha value is -1.34. The van der Waals surface area contributed by atoms with Gasteiger partial charge in [-0.3, -0.25) is 14.5 Å². The van der Waals surface area contributed by atoms with E-state index in [-0.39, 0.29) is 36.8 Å². The molecule has 1 spiro atoms. The molecule has 0 radical (unpaired) electrons. The van der Waals surface area contributed by atoms with E-state index in [2.05, 4.69) is 22.9 Å². The Morgan fingerprint density at radius 3 is 2.44 bits per heavy atom. The number of nitrogens with one attached hydrogen (secondary N) is 3. The molecule has 142 valence electrons. The molecule has 25 heavy (non-hydrogen) atoms. The summed E-state index contributed by atoms with van der Waals surface area (Å²) in [5.74, 6) is 0.171. The maximum Gasteiger partial charge on any atom is 0.325 e. The molecular weight excluding hydrogens is 344 g/mol. The number of imide groups is 1. The maximum absolute atomic E-state index is 12.8. The second kappa shape index (κ2) is 8.36. The number of hydrogen-bond acceptors (Lipinski definition) is 4. The van der Waals surface area contributed by atoms with Crippen LogP contribution >= 0.6 is 12.4 Å². The van der Waals surface area contributed by atoms with Gasteiger partial charge in [-0.2, -0.15) is 0 Å². The molecule has 3 rings (SSSR count). The van der Waals surface area contributed by atoms with Gasteiger partial charge in [-0.25, -0.2) is 4.79 Å². The van der Waals surface area contributed by atoms with E-state index < -0.39 is 11.6 Å². The van der Waals surface area contributed by atoms with Crippen molar-refractivity contribution in [1.82, 2.24) is 20.9 Å². The number of halogens is 1. The number of carbonyl (C=O) groups is 3. The van der Waals surface area contributed by atoms with Crippen LogP contribution in [0.4, 0.5) is 4.79 Å². The molecule has 4 amide bonds. The van der Waals surface area contributed by atoms with E-state index in [0.717, 1.165) is 50.1 Å². The van der Waals surface area contributed by atoms with Crippen molar-refractivity contribution in [3.8, 4) is 0 Å². The monoisotopic (exact) mass is 372 g/mol. The third-order valence-corrected chi connectivity index (χ3v) is 5.79. The molecule has 2 aliphatic heterocycles. The van der Waals surface area contributed by atoms with Gasteiger partial charge in [-0.05, 0) is 57.5 Å². The van der Waals surface area contributed by atoms with E-state index in [0.29, 0.717) is 18.8 Å². The zero-order valence-electron chi connectivity index (χ0n) is 14.8. The van der Waals surface area contributed by atoms with Gasteiger partial charge in [-0.15, -0.1) is 12.4 Å². The lowest BCUT2D eigenvalue weighted by atomic mass is 9.75. The van der Waals surface area contributed by atoms with E-state index in [1.807, 2.05) is 0 Å². The molecule has 3 fully saturated rings. The highest BCUT2D eigenvalue weighted by atomic mass is 35.5. The first-order valence-electron chi connectivity index (χ1n) is 9.18. The van der Waals surface area contributed by atoms with Crippen LogP contribution < -0.4 is 16.0 Å². The highest BCUT2D eigenvalue weighted by Crippen LogP contribution is 2.37. The molecule has 0 unspecified atom stereocenters. The average molecular weight is 373 g/mol. The van der Waals surface area contributed by atoms with Gasteiger partial charge < -0.3 is 16.0 Å². The Balaban J connectivity index is 0.00000225. The Morgan fingerprint density at radius 2 is 1.84 bits per heavy atom. The van der Waals surface area contributed by atoms with Crippen molar-refractivity contribution >= 4 is 30.3 Å². The van der Waals surface area contributed by atoms with Crippen molar-refractivity contribution in [3.05, 3.63) is 0 Å². The van der Waals surface area contributed by atoms with Gasteiger partial charge in [0, 0.05) is 6.04 Å². The molecule has 0 bridgehead atoms. The zero-order chi connectivity index (χ0) is 17.2. The topological polar surface area (TPSA) is 90.5 Å². The molecule has 0 aromatic heterocycles. The van der Waals surface area contributed by atoms with Crippen LogP contribution in [-0.2, 0) is 9.59 Å². The van der Waals surface area contributed by atoms with E-state index in [1.165, 1.54) is 0 Å².